The Morgan fingerprint density at radius 3 is 2.73 bits per heavy atom. The number of hydrogen-bond acceptors (Lipinski definition) is 4. The van der Waals surface area contributed by atoms with E-state index in [4.69, 9.17) is 4.98 Å². The number of rotatable bonds is 5. The molecule has 0 fully saturated rings. The monoisotopic (exact) mass is 370 g/mol. The number of nitrogens with zero attached hydrogens (tertiary/aromatic N) is 3. The first-order chi connectivity index (χ1) is 12.3. The molecule has 3 rings (SSSR count). The third kappa shape index (κ3) is 3.96. The minimum Gasteiger partial charge on any atom is -0.311 e. The van der Waals surface area contributed by atoms with Gasteiger partial charge in [-0.3, -0.25) is 4.79 Å². The summed E-state index contributed by atoms with van der Waals surface area (Å²) < 4.78 is 2.87. The van der Waals surface area contributed by atoms with Gasteiger partial charge < -0.3 is 5.32 Å². The summed E-state index contributed by atoms with van der Waals surface area (Å²) in [6.07, 6.45) is 2.41. The molecule has 2 heterocycles. The Bertz CT molecular complexity index is 933. The lowest BCUT2D eigenvalue weighted by Gasteiger charge is -2.18. The van der Waals surface area contributed by atoms with Gasteiger partial charge in [0.15, 0.2) is 0 Å². The van der Waals surface area contributed by atoms with Gasteiger partial charge in [-0.05, 0) is 36.5 Å². The van der Waals surface area contributed by atoms with E-state index in [1.54, 1.807) is 16.0 Å². The predicted molar refractivity (Wildman–Crippen MR) is 108 cm³/mol. The zero-order valence-corrected chi connectivity index (χ0v) is 16.9. The van der Waals surface area contributed by atoms with Crippen LogP contribution in [0.25, 0.3) is 15.3 Å². The van der Waals surface area contributed by atoms with Gasteiger partial charge in [-0.2, -0.15) is 9.78 Å². The van der Waals surface area contributed by atoms with Crippen LogP contribution in [0.2, 0.25) is 0 Å². The second-order valence-corrected chi connectivity index (χ2v) is 8.67. The zero-order valence-electron chi connectivity index (χ0n) is 16.1. The third-order valence-corrected chi connectivity index (χ3v) is 5.27. The molecule has 3 aromatic rings. The topological polar surface area (TPSA) is 59.8 Å². The number of thiazole rings is 1. The highest BCUT2D eigenvalue weighted by atomic mass is 32.1. The normalized spacial score (nSPS) is 11.9. The fourth-order valence-electron chi connectivity index (χ4n) is 2.75. The largest absolute Gasteiger partial charge is 0.311 e. The summed E-state index contributed by atoms with van der Waals surface area (Å²) in [6, 6.07) is 8.28. The number of carbonyl (C=O) groups is 1. The second-order valence-electron chi connectivity index (χ2n) is 7.66. The first-order valence-corrected chi connectivity index (χ1v) is 9.87. The van der Waals surface area contributed by atoms with Crippen LogP contribution < -0.4 is 5.32 Å². The molecule has 138 valence electrons. The van der Waals surface area contributed by atoms with E-state index in [1.807, 2.05) is 13.0 Å². The fourth-order valence-corrected chi connectivity index (χ4v) is 3.72. The Labute approximate surface area is 158 Å². The molecule has 0 aliphatic rings. The number of aryl methyl sites for hydroxylation is 1. The summed E-state index contributed by atoms with van der Waals surface area (Å²) in [4.78, 5) is 16.8. The molecule has 0 radical (unpaired) electrons. The van der Waals surface area contributed by atoms with Gasteiger partial charge in [0.25, 0.3) is 0 Å². The molecule has 5 nitrogen and oxygen atoms in total. The van der Waals surface area contributed by atoms with Crippen LogP contribution in [0.3, 0.4) is 0 Å². The molecule has 26 heavy (non-hydrogen) atoms. The van der Waals surface area contributed by atoms with E-state index in [2.05, 4.69) is 56.3 Å². The van der Waals surface area contributed by atoms with Gasteiger partial charge in [0.05, 0.1) is 15.9 Å². The van der Waals surface area contributed by atoms with E-state index in [0.29, 0.717) is 12.2 Å². The van der Waals surface area contributed by atoms with Crippen molar-refractivity contribution >= 4 is 33.3 Å². The van der Waals surface area contributed by atoms with Crippen molar-refractivity contribution in [2.75, 3.05) is 5.32 Å². The molecule has 0 aliphatic heterocycles. The van der Waals surface area contributed by atoms with E-state index in [0.717, 1.165) is 33.9 Å². The predicted octanol–water partition coefficient (Wildman–Crippen LogP) is 5.22. The van der Waals surface area contributed by atoms with Crippen molar-refractivity contribution in [1.82, 2.24) is 14.8 Å². The lowest BCUT2D eigenvalue weighted by molar-refractivity contribution is -0.116. The number of fused-ring (bicyclic) bond motifs is 1. The second kappa shape index (κ2) is 7.19. The molecule has 0 saturated heterocycles. The summed E-state index contributed by atoms with van der Waals surface area (Å²) >= 11 is 1.59. The molecule has 1 N–H and O–H groups in total. The fraction of sp³-hybridized carbons (Fsp3) is 0.450. The quantitative estimate of drug-likeness (QED) is 0.670. The Kier molecular flexibility index (Phi) is 5.14. The Hall–Kier alpha value is -2.21. The SMILES string of the molecule is CCCCC(=O)Nc1cc(C)nn1-c1nc2ccc(C(C)(C)C)cc2s1. The van der Waals surface area contributed by atoms with Crippen LogP contribution in [0, 0.1) is 6.92 Å². The number of unbranched alkanes of at least 4 members (excludes halogenated alkanes) is 1. The smallest absolute Gasteiger partial charge is 0.225 e. The van der Waals surface area contributed by atoms with Crippen molar-refractivity contribution in [3.05, 3.63) is 35.5 Å². The van der Waals surface area contributed by atoms with Gasteiger partial charge in [-0.1, -0.05) is 51.5 Å². The van der Waals surface area contributed by atoms with Crippen molar-refractivity contribution in [1.29, 1.82) is 0 Å². The van der Waals surface area contributed by atoms with E-state index in [9.17, 15) is 4.79 Å². The van der Waals surface area contributed by atoms with Gasteiger partial charge in [-0.15, -0.1) is 0 Å². The van der Waals surface area contributed by atoms with Crippen LogP contribution in [-0.4, -0.2) is 20.7 Å². The Morgan fingerprint density at radius 2 is 2.04 bits per heavy atom. The van der Waals surface area contributed by atoms with Gasteiger partial charge >= 0.3 is 0 Å². The maximum Gasteiger partial charge on any atom is 0.225 e. The van der Waals surface area contributed by atoms with E-state index >= 15 is 0 Å². The van der Waals surface area contributed by atoms with Crippen LogP contribution >= 0.6 is 11.3 Å². The highest BCUT2D eigenvalue weighted by Crippen LogP contribution is 2.31. The van der Waals surface area contributed by atoms with Crippen molar-refractivity contribution in [3.63, 3.8) is 0 Å². The van der Waals surface area contributed by atoms with Crippen molar-refractivity contribution < 1.29 is 4.79 Å². The van der Waals surface area contributed by atoms with Crippen molar-refractivity contribution in [2.24, 2.45) is 0 Å². The number of anilines is 1. The summed E-state index contributed by atoms with van der Waals surface area (Å²) in [5.41, 5.74) is 3.18. The van der Waals surface area contributed by atoms with Gasteiger partial charge in [-0.25, -0.2) is 4.98 Å². The number of hydrogen-bond donors (Lipinski definition) is 1. The zero-order chi connectivity index (χ0) is 18.9. The molecule has 0 unspecified atom stereocenters. The molecule has 2 aromatic heterocycles. The third-order valence-electron chi connectivity index (χ3n) is 4.28. The Morgan fingerprint density at radius 1 is 1.27 bits per heavy atom. The van der Waals surface area contributed by atoms with Crippen molar-refractivity contribution in [2.45, 2.75) is 59.3 Å². The van der Waals surface area contributed by atoms with E-state index in [1.165, 1.54) is 5.56 Å². The molecule has 0 atom stereocenters. The minimum atomic E-state index is 0.0177. The number of aromatic nitrogens is 3. The molecular formula is C20H26N4OS. The lowest BCUT2D eigenvalue weighted by atomic mass is 9.87. The van der Waals surface area contributed by atoms with Crippen LogP contribution in [0.1, 0.15) is 58.2 Å². The molecule has 0 saturated carbocycles. The summed E-state index contributed by atoms with van der Waals surface area (Å²) in [5, 5.41) is 8.27. The Balaban J connectivity index is 1.95. The molecule has 0 bridgehead atoms. The minimum absolute atomic E-state index is 0.0177. The van der Waals surface area contributed by atoms with E-state index < -0.39 is 0 Å². The highest BCUT2D eigenvalue weighted by molar-refractivity contribution is 7.20. The standard InChI is InChI=1S/C20H26N4OS/c1-6-7-8-18(25)22-17-11-13(2)23-24(17)19-21-15-10-9-14(20(3,4)5)12-16(15)26-19/h9-12H,6-8H2,1-5H3,(H,22,25). The van der Waals surface area contributed by atoms with Crippen LogP contribution in [0.15, 0.2) is 24.3 Å². The van der Waals surface area contributed by atoms with Crippen LogP contribution in [0.5, 0.6) is 0 Å². The summed E-state index contributed by atoms with van der Waals surface area (Å²) in [7, 11) is 0. The number of benzene rings is 1. The van der Waals surface area contributed by atoms with Crippen LogP contribution in [0.4, 0.5) is 5.82 Å². The maximum absolute atomic E-state index is 12.1. The molecule has 1 aromatic carbocycles. The van der Waals surface area contributed by atoms with Crippen molar-refractivity contribution in [3.8, 4) is 5.13 Å². The molecular weight excluding hydrogens is 344 g/mol. The molecule has 0 aliphatic carbocycles. The number of amides is 1. The average Bonchev–Trinajstić information content (AvgIpc) is 3.14. The van der Waals surface area contributed by atoms with Gasteiger partial charge in [0, 0.05) is 12.5 Å². The highest BCUT2D eigenvalue weighted by Gasteiger charge is 2.17. The van der Waals surface area contributed by atoms with E-state index in [-0.39, 0.29) is 11.3 Å². The van der Waals surface area contributed by atoms with Crippen LogP contribution in [-0.2, 0) is 10.2 Å². The molecule has 1 amide bonds. The molecule has 6 heteroatoms. The maximum atomic E-state index is 12.1. The molecule has 0 spiro atoms. The first-order valence-electron chi connectivity index (χ1n) is 9.06. The van der Waals surface area contributed by atoms with Gasteiger partial charge in [0.1, 0.15) is 5.82 Å². The summed E-state index contributed by atoms with van der Waals surface area (Å²) in [6.45, 7) is 10.6. The average molecular weight is 371 g/mol. The first kappa shape index (κ1) is 18.6. The number of carbonyl (C=O) groups excluding carboxylic acids is 1. The summed E-state index contributed by atoms with van der Waals surface area (Å²) in [5.74, 6) is 0.697. The lowest BCUT2D eigenvalue weighted by Crippen LogP contribution is -2.14. The number of nitrogens with one attached hydrogen (secondary N) is 1. The van der Waals surface area contributed by atoms with Gasteiger partial charge in [0.2, 0.25) is 11.0 Å².